The predicted molar refractivity (Wildman–Crippen MR) is 69.3 cm³/mol. The summed E-state index contributed by atoms with van der Waals surface area (Å²) < 4.78 is 37.5. The first-order chi connectivity index (χ1) is 9.58. The fourth-order valence-electron chi connectivity index (χ4n) is 1.85. The Kier molecular flexibility index (Phi) is 3.98. The quantitative estimate of drug-likeness (QED) is 0.806. The van der Waals surface area contributed by atoms with E-state index >= 15 is 0 Å². The number of carbonyl (C=O) groups is 1. The molecule has 0 fully saturated rings. The molecule has 0 saturated heterocycles. The van der Waals surface area contributed by atoms with Gasteiger partial charge in [0.1, 0.15) is 23.1 Å². The van der Waals surface area contributed by atoms with Crippen LogP contribution in [0.2, 0.25) is 0 Å². The maximum absolute atomic E-state index is 13.9. The fraction of sp³-hybridized carbons (Fsp3) is 0.133. The molecule has 0 unspecified atom stereocenters. The van der Waals surface area contributed by atoms with Crippen molar-refractivity contribution in [3.63, 3.8) is 0 Å². The van der Waals surface area contributed by atoms with Crippen molar-refractivity contribution in [2.75, 3.05) is 14.2 Å². The zero-order chi connectivity index (χ0) is 14.7. The van der Waals surface area contributed by atoms with Crippen molar-refractivity contribution in [1.82, 2.24) is 0 Å². The van der Waals surface area contributed by atoms with Crippen molar-refractivity contribution in [1.29, 1.82) is 0 Å². The minimum atomic E-state index is -0.974. The van der Waals surface area contributed by atoms with Gasteiger partial charge in [-0.2, -0.15) is 0 Å². The molecule has 0 saturated carbocycles. The zero-order valence-electron chi connectivity index (χ0n) is 10.9. The fourth-order valence-corrected chi connectivity index (χ4v) is 1.85. The molecule has 0 spiro atoms. The van der Waals surface area contributed by atoms with E-state index < -0.39 is 23.0 Å². The standard InChI is InChI=1S/C15H12F2O3/c1-19-9-7-11(16)14(12(17)8-9)15(18)10-5-3-4-6-13(10)20-2/h3-8H,1-2H3. The minimum absolute atomic E-state index is 0.0107. The Hall–Kier alpha value is -2.43. The number of ether oxygens (including phenoxy) is 2. The van der Waals surface area contributed by atoms with Crippen molar-refractivity contribution in [3.8, 4) is 11.5 Å². The van der Waals surface area contributed by atoms with Crippen LogP contribution in [-0.4, -0.2) is 20.0 Å². The average Bonchev–Trinajstić information content (AvgIpc) is 2.46. The molecule has 2 aromatic carbocycles. The molecule has 0 radical (unpaired) electrons. The summed E-state index contributed by atoms with van der Waals surface area (Å²) in [7, 11) is 2.67. The number of benzene rings is 2. The van der Waals surface area contributed by atoms with E-state index in [2.05, 4.69) is 0 Å². The van der Waals surface area contributed by atoms with E-state index in [1.165, 1.54) is 20.3 Å². The largest absolute Gasteiger partial charge is 0.497 e. The number of rotatable bonds is 4. The van der Waals surface area contributed by atoms with Gasteiger partial charge < -0.3 is 9.47 Å². The SMILES string of the molecule is COc1cc(F)c(C(=O)c2ccccc2OC)c(F)c1. The number of ketones is 1. The van der Waals surface area contributed by atoms with Crippen molar-refractivity contribution < 1.29 is 23.0 Å². The number of methoxy groups -OCH3 is 2. The average molecular weight is 278 g/mol. The van der Waals surface area contributed by atoms with Crippen LogP contribution < -0.4 is 9.47 Å². The van der Waals surface area contributed by atoms with Crippen LogP contribution in [0.5, 0.6) is 11.5 Å². The van der Waals surface area contributed by atoms with E-state index in [0.29, 0.717) is 0 Å². The summed E-state index contributed by atoms with van der Waals surface area (Å²) in [5.74, 6) is -2.46. The molecule has 3 nitrogen and oxygen atoms in total. The van der Waals surface area contributed by atoms with E-state index in [1.807, 2.05) is 0 Å². The van der Waals surface area contributed by atoms with Gasteiger partial charge >= 0.3 is 0 Å². The van der Waals surface area contributed by atoms with Gasteiger partial charge in [0.25, 0.3) is 0 Å². The van der Waals surface area contributed by atoms with Gasteiger partial charge in [-0.15, -0.1) is 0 Å². The van der Waals surface area contributed by atoms with Crippen molar-refractivity contribution in [2.45, 2.75) is 0 Å². The molecule has 104 valence electrons. The van der Waals surface area contributed by atoms with Gasteiger partial charge in [-0.25, -0.2) is 8.78 Å². The van der Waals surface area contributed by atoms with Crippen LogP contribution in [-0.2, 0) is 0 Å². The second-order valence-corrected chi connectivity index (χ2v) is 4.00. The third-order valence-corrected chi connectivity index (χ3v) is 2.83. The zero-order valence-corrected chi connectivity index (χ0v) is 10.9. The number of carbonyl (C=O) groups excluding carboxylic acids is 1. The molecule has 0 aromatic heterocycles. The van der Waals surface area contributed by atoms with E-state index in [1.54, 1.807) is 18.2 Å². The summed E-state index contributed by atoms with van der Waals surface area (Å²) >= 11 is 0. The third kappa shape index (κ3) is 2.47. The van der Waals surface area contributed by atoms with Crippen LogP contribution in [0.15, 0.2) is 36.4 Å². The van der Waals surface area contributed by atoms with Gasteiger partial charge in [-0.1, -0.05) is 12.1 Å². The van der Waals surface area contributed by atoms with Gasteiger partial charge in [0, 0.05) is 12.1 Å². The summed E-state index contributed by atoms with van der Waals surface area (Å²) in [6, 6.07) is 8.18. The van der Waals surface area contributed by atoms with Crippen LogP contribution in [0.25, 0.3) is 0 Å². The number of hydrogen-bond donors (Lipinski definition) is 0. The molecule has 0 amide bonds. The molecule has 5 heteroatoms. The monoisotopic (exact) mass is 278 g/mol. The van der Waals surface area contributed by atoms with Gasteiger partial charge in [0.15, 0.2) is 0 Å². The summed E-state index contributed by atoms with van der Waals surface area (Å²) in [6.45, 7) is 0. The Bertz CT molecular complexity index is 630. The van der Waals surface area contributed by atoms with Crippen molar-refractivity contribution in [3.05, 3.63) is 59.2 Å². The Balaban J connectivity index is 2.54. The lowest BCUT2D eigenvalue weighted by Crippen LogP contribution is -2.09. The first-order valence-electron chi connectivity index (χ1n) is 5.79. The van der Waals surface area contributed by atoms with Gasteiger partial charge in [0.2, 0.25) is 5.78 Å². The normalized spacial score (nSPS) is 10.2. The third-order valence-electron chi connectivity index (χ3n) is 2.83. The number of para-hydroxylation sites is 1. The molecule has 0 atom stereocenters. The highest BCUT2D eigenvalue weighted by Crippen LogP contribution is 2.26. The molecule has 0 aliphatic heterocycles. The summed E-state index contributed by atoms with van der Waals surface area (Å²) in [4.78, 5) is 12.3. The molecule has 0 bridgehead atoms. The highest BCUT2D eigenvalue weighted by molar-refractivity contribution is 6.11. The predicted octanol–water partition coefficient (Wildman–Crippen LogP) is 3.21. The maximum Gasteiger partial charge on any atom is 0.202 e. The molecular weight excluding hydrogens is 266 g/mol. The molecular formula is C15H12F2O3. The Morgan fingerprint density at radius 1 is 1.00 bits per heavy atom. The first-order valence-corrected chi connectivity index (χ1v) is 5.79. The lowest BCUT2D eigenvalue weighted by molar-refractivity contribution is 0.102. The topological polar surface area (TPSA) is 35.5 Å². The Morgan fingerprint density at radius 2 is 1.60 bits per heavy atom. The summed E-state index contributed by atoms with van der Waals surface area (Å²) in [5.41, 5.74) is -0.534. The molecule has 0 aliphatic carbocycles. The van der Waals surface area contributed by atoms with Crippen molar-refractivity contribution in [2.24, 2.45) is 0 Å². The van der Waals surface area contributed by atoms with E-state index in [4.69, 9.17) is 9.47 Å². The van der Waals surface area contributed by atoms with Crippen LogP contribution in [0.4, 0.5) is 8.78 Å². The van der Waals surface area contributed by atoms with E-state index in [-0.39, 0.29) is 17.1 Å². The molecule has 0 heterocycles. The maximum atomic E-state index is 13.9. The lowest BCUT2D eigenvalue weighted by atomic mass is 10.0. The molecule has 2 aromatic rings. The van der Waals surface area contributed by atoms with Crippen molar-refractivity contribution >= 4 is 5.78 Å². The number of halogens is 2. The van der Waals surface area contributed by atoms with Crippen LogP contribution >= 0.6 is 0 Å². The molecule has 0 aliphatic rings. The van der Waals surface area contributed by atoms with Gasteiger partial charge in [-0.3, -0.25) is 4.79 Å². The van der Waals surface area contributed by atoms with Crippen LogP contribution in [0.3, 0.4) is 0 Å². The number of hydrogen-bond acceptors (Lipinski definition) is 3. The van der Waals surface area contributed by atoms with Gasteiger partial charge in [-0.05, 0) is 12.1 Å². The summed E-state index contributed by atoms with van der Waals surface area (Å²) in [5, 5.41) is 0. The highest BCUT2D eigenvalue weighted by Gasteiger charge is 2.22. The second-order valence-electron chi connectivity index (χ2n) is 4.00. The molecule has 20 heavy (non-hydrogen) atoms. The Morgan fingerprint density at radius 3 is 2.15 bits per heavy atom. The highest BCUT2D eigenvalue weighted by atomic mass is 19.1. The molecule has 0 N–H and O–H groups in total. The first kappa shape index (κ1) is 14.0. The minimum Gasteiger partial charge on any atom is -0.497 e. The van der Waals surface area contributed by atoms with Crippen LogP contribution in [0, 0.1) is 11.6 Å². The summed E-state index contributed by atoms with van der Waals surface area (Å²) in [6.07, 6.45) is 0. The van der Waals surface area contributed by atoms with E-state index in [0.717, 1.165) is 12.1 Å². The van der Waals surface area contributed by atoms with Gasteiger partial charge in [0.05, 0.1) is 25.3 Å². The molecule has 2 rings (SSSR count). The lowest BCUT2D eigenvalue weighted by Gasteiger charge is -2.09. The smallest absolute Gasteiger partial charge is 0.202 e. The van der Waals surface area contributed by atoms with Crippen LogP contribution in [0.1, 0.15) is 15.9 Å². The van der Waals surface area contributed by atoms with E-state index in [9.17, 15) is 13.6 Å². The second kappa shape index (κ2) is 5.69. The Labute approximate surface area is 114 Å².